The van der Waals surface area contributed by atoms with E-state index in [4.69, 9.17) is 14.0 Å². The summed E-state index contributed by atoms with van der Waals surface area (Å²) in [5, 5.41) is 4.09. The summed E-state index contributed by atoms with van der Waals surface area (Å²) < 4.78 is 17.0. The Morgan fingerprint density at radius 2 is 1.90 bits per heavy atom. The molecule has 0 bridgehead atoms. The molecule has 1 aliphatic carbocycles. The molecule has 3 aromatic rings. The van der Waals surface area contributed by atoms with E-state index in [2.05, 4.69) is 27.2 Å². The van der Waals surface area contributed by atoms with Crippen molar-refractivity contribution in [3.05, 3.63) is 60.0 Å². The number of hydrogen-bond acceptors (Lipinski definition) is 6. The summed E-state index contributed by atoms with van der Waals surface area (Å²) in [7, 11) is 0. The van der Waals surface area contributed by atoms with Crippen LogP contribution < -0.4 is 9.47 Å². The normalized spacial score (nSPS) is 17.1. The van der Waals surface area contributed by atoms with Gasteiger partial charge in [0, 0.05) is 31.1 Å². The molecule has 5 rings (SSSR count). The van der Waals surface area contributed by atoms with Crippen molar-refractivity contribution in [1.29, 1.82) is 0 Å². The minimum Gasteiger partial charge on any atom is -0.494 e. The van der Waals surface area contributed by atoms with E-state index in [1.807, 2.05) is 43.3 Å². The third kappa shape index (κ3) is 4.27. The smallest absolute Gasteiger partial charge is 0.230 e. The van der Waals surface area contributed by atoms with Gasteiger partial charge in [0.25, 0.3) is 0 Å². The van der Waals surface area contributed by atoms with Crippen LogP contribution in [0.5, 0.6) is 11.5 Å². The summed E-state index contributed by atoms with van der Waals surface area (Å²) >= 11 is 0. The molecule has 2 aromatic carbocycles. The molecule has 0 atom stereocenters. The van der Waals surface area contributed by atoms with E-state index >= 15 is 0 Å². The highest BCUT2D eigenvalue weighted by atomic mass is 16.5. The van der Waals surface area contributed by atoms with Crippen LogP contribution in [0.15, 0.2) is 53.1 Å². The summed E-state index contributed by atoms with van der Waals surface area (Å²) in [5.74, 6) is 3.71. The van der Waals surface area contributed by atoms with Gasteiger partial charge in [0.05, 0.1) is 6.61 Å². The predicted molar refractivity (Wildman–Crippen MR) is 109 cm³/mol. The monoisotopic (exact) mass is 391 g/mol. The van der Waals surface area contributed by atoms with Crippen molar-refractivity contribution in [1.82, 2.24) is 15.0 Å². The molecule has 0 amide bonds. The molecular formula is C23H25N3O3. The first-order chi connectivity index (χ1) is 14.3. The highest BCUT2D eigenvalue weighted by Gasteiger charge is 2.30. The lowest BCUT2D eigenvalue weighted by molar-refractivity contribution is 0.0145. The molecule has 1 saturated carbocycles. The zero-order chi connectivity index (χ0) is 19.6. The van der Waals surface area contributed by atoms with Gasteiger partial charge in [0.15, 0.2) is 0 Å². The van der Waals surface area contributed by atoms with Gasteiger partial charge in [-0.3, -0.25) is 4.90 Å². The molecule has 2 fully saturated rings. The Bertz CT molecular complexity index is 960. The van der Waals surface area contributed by atoms with E-state index in [1.54, 1.807) is 0 Å². The molecule has 1 aromatic heterocycles. The van der Waals surface area contributed by atoms with E-state index in [1.165, 1.54) is 5.56 Å². The standard InChI is InChI=1S/C23H25N3O3/c1-2-27-20-5-3-4-16(12-20)13-26-14-21(15-26)28-19-10-8-17(9-11-19)22-24-23(29-25-22)18-6-7-18/h3-5,8-12,18,21H,2,6-7,13-15H2,1H3. The number of aromatic nitrogens is 2. The van der Waals surface area contributed by atoms with Crippen molar-refractivity contribution < 1.29 is 14.0 Å². The quantitative estimate of drug-likeness (QED) is 0.571. The van der Waals surface area contributed by atoms with Gasteiger partial charge in [-0.25, -0.2) is 0 Å². The number of nitrogens with zero attached hydrogens (tertiary/aromatic N) is 3. The van der Waals surface area contributed by atoms with Gasteiger partial charge in [0.1, 0.15) is 17.6 Å². The molecule has 150 valence electrons. The molecule has 1 saturated heterocycles. The summed E-state index contributed by atoms with van der Waals surface area (Å²) in [4.78, 5) is 6.87. The zero-order valence-corrected chi connectivity index (χ0v) is 16.6. The van der Waals surface area contributed by atoms with Crippen LogP contribution in [0.2, 0.25) is 0 Å². The summed E-state index contributed by atoms with van der Waals surface area (Å²) in [5.41, 5.74) is 2.22. The predicted octanol–water partition coefficient (Wildman–Crippen LogP) is 4.28. The molecule has 6 nitrogen and oxygen atoms in total. The SMILES string of the molecule is CCOc1cccc(CN2CC(Oc3ccc(-c4noc(C5CC5)n4)cc3)C2)c1. The maximum absolute atomic E-state index is 6.09. The molecule has 0 spiro atoms. The van der Waals surface area contributed by atoms with Gasteiger partial charge < -0.3 is 14.0 Å². The second-order valence-corrected chi connectivity index (χ2v) is 7.77. The van der Waals surface area contributed by atoms with E-state index in [9.17, 15) is 0 Å². The van der Waals surface area contributed by atoms with Crippen molar-refractivity contribution >= 4 is 0 Å². The lowest BCUT2D eigenvalue weighted by Crippen LogP contribution is -2.53. The van der Waals surface area contributed by atoms with Gasteiger partial charge >= 0.3 is 0 Å². The Hall–Kier alpha value is -2.86. The first-order valence-corrected chi connectivity index (χ1v) is 10.3. The molecule has 29 heavy (non-hydrogen) atoms. The fraction of sp³-hybridized carbons (Fsp3) is 0.391. The molecule has 0 unspecified atom stereocenters. The van der Waals surface area contributed by atoms with E-state index in [0.29, 0.717) is 18.3 Å². The lowest BCUT2D eigenvalue weighted by Gasteiger charge is -2.39. The lowest BCUT2D eigenvalue weighted by atomic mass is 10.1. The van der Waals surface area contributed by atoms with Gasteiger partial charge in [-0.05, 0) is 61.7 Å². The van der Waals surface area contributed by atoms with Crippen LogP contribution in [0, 0.1) is 0 Å². The summed E-state index contributed by atoms with van der Waals surface area (Å²) in [6.45, 7) is 5.47. The number of rotatable bonds is 8. The molecule has 0 N–H and O–H groups in total. The Labute approximate surface area is 170 Å². The maximum atomic E-state index is 6.09. The Balaban J connectivity index is 1.12. The van der Waals surface area contributed by atoms with Crippen LogP contribution in [0.25, 0.3) is 11.4 Å². The maximum Gasteiger partial charge on any atom is 0.230 e. The second kappa shape index (κ2) is 7.87. The van der Waals surface area contributed by atoms with Crippen molar-refractivity contribution in [3.8, 4) is 22.9 Å². The average Bonchev–Trinajstić information content (AvgIpc) is 3.44. The fourth-order valence-corrected chi connectivity index (χ4v) is 3.61. The topological polar surface area (TPSA) is 60.6 Å². The van der Waals surface area contributed by atoms with E-state index < -0.39 is 0 Å². The van der Waals surface area contributed by atoms with Crippen molar-refractivity contribution in [3.63, 3.8) is 0 Å². The highest BCUT2D eigenvalue weighted by Crippen LogP contribution is 2.39. The van der Waals surface area contributed by atoms with Crippen LogP contribution in [0.3, 0.4) is 0 Å². The van der Waals surface area contributed by atoms with Gasteiger partial charge in [-0.15, -0.1) is 0 Å². The third-order valence-corrected chi connectivity index (χ3v) is 5.32. The van der Waals surface area contributed by atoms with Crippen molar-refractivity contribution in [2.24, 2.45) is 0 Å². The van der Waals surface area contributed by atoms with E-state index in [-0.39, 0.29) is 6.10 Å². The molecule has 1 aliphatic heterocycles. The van der Waals surface area contributed by atoms with E-state index in [0.717, 1.165) is 55.4 Å². The largest absolute Gasteiger partial charge is 0.494 e. The number of benzene rings is 2. The highest BCUT2D eigenvalue weighted by molar-refractivity contribution is 5.55. The molecular weight excluding hydrogens is 366 g/mol. The molecule has 0 radical (unpaired) electrons. The minimum atomic E-state index is 0.225. The van der Waals surface area contributed by atoms with Crippen molar-refractivity contribution in [2.75, 3.05) is 19.7 Å². The first kappa shape index (κ1) is 18.2. The molecule has 2 heterocycles. The third-order valence-electron chi connectivity index (χ3n) is 5.32. The summed E-state index contributed by atoms with van der Waals surface area (Å²) in [6, 6.07) is 16.3. The van der Waals surface area contributed by atoms with Gasteiger partial charge in [-0.1, -0.05) is 17.3 Å². The zero-order valence-electron chi connectivity index (χ0n) is 16.6. The Kier molecular flexibility index (Phi) is 4.94. The van der Waals surface area contributed by atoms with Crippen LogP contribution >= 0.6 is 0 Å². The number of ether oxygens (including phenoxy) is 2. The van der Waals surface area contributed by atoms with Gasteiger partial charge in [0.2, 0.25) is 11.7 Å². The number of hydrogen-bond donors (Lipinski definition) is 0. The Morgan fingerprint density at radius 1 is 1.07 bits per heavy atom. The Morgan fingerprint density at radius 3 is 2.66 bits per heavy atom. The van der Waals surface area contributed by atoms with Crippen LogP contribution in [0.1, 0.15) is 37.1 Å². The molecule has 6 heteroatoms. The minimum absolute atomic E-state index is 0.225. The first-order valence-electron chi connectivity index (χ1n) is 10.3. The number of likely N-dealkylation sites (tertiary alicyclic amines) is 1. The van der Waals surface area contributed by atoms with Crippen molar-refractivity contribution in [2.45, 2.75) is 38.3 Å². The van der Waals surface area contributed by atoms with Crippen LogP contribution in [-0.4, -0.2) is 40.8 Å². The average molecular weight is 391 g/mol. The van der Waals surface area contributed by atoms with Crippen LogP contribution in [0.4, 0.5) is 0 Å². The van der Waals surface area contributed by atoms with Gasteiger partial charge in [-0.2, -0.15) is 4.98 Å². The summed E-state index contributed by atoms with van der Waals surface area (Å²) in [6.07, 6.45) is 2.54. The second-order valence-electron chi connectivity index (χ2n) is 7.77. The fourth-order valence-electron chi connectivity index (χ4n) is 3.61. The van der Waals surface area contributed by atoms with Crippen LogP contribution in [-0.2, 0) is 6.54 Å². The molecule has 2 aliphatic rings.